The summed E-state index contributed by atoms with van der Waals surface area (Å²) in [7, 11) is 1.27. The number of nitrogen functional groups attached to an aromatic ring is 1. The molecule has 0 bridgehead atoms. The van der Waals surface area contributed by atoms with Crippen LogP contribution in [0.25, 0.3) is 0 Å². The summed E-state index contributed by atoms with van der Waals surface area (Å²) in [4.78, 5) is 24.7. The highest BCUT2D eigenvalue weighted by Crippen LogP contribution is 2.34. The molecule has 0 aromatic heterocycles. The first-order valence-electron chi connectivity index (χ1n) is 5.56. The topological polar surface area (TPSA) is 72.6 Å². The largest absolute Gasteiger partial charge is 0.469 e. The van der Waals surface area contributed by atoms with Gasteiger partial charge in [-0.1, -0.05) is 15.9 Å². The molecule has 0 saturated carbocycles. The normalized spacial score (nSPS) is 18.8. The number of hydrogen-bond acceptors (Lipinski definition) is 4. The minimum absolute atomic E-state index is 0.0419. The lowest BCUT2D eigenvalue weighted by Crippen LogP contribution is -2.27. The maximum Gasteiger partial charge on any atom is 0.311 e. The Kier molecular flexibility index (Phi) is 3.75. The summed E-state index contributed by atoms with van der Waals surface area (Å²) >= 11 is 3.15. The summed E-state index contributed by atoms with van der Waals surface area (Å²) in [6.07, 6.45) is 0.0419. The third-order valence-corrected chi connectivity index (χ3v) is 3.48. The first kappa shape index (κ1) is 13.8. The van der Waals surface area contributed by atoms with Crippen LogP contribution in [-0.4, -0.2) is 25.5 Å². The van der Waals surface area contributed by atoms with E-state index in [2.05, 4.69) is 20.7 Å². The fourth-order valence-electron chi connectivity index (χ4n) is 2.06. The Morgan fingerprint density at radius 1 is 1.58 bits per heavy atom. The Morgan fingerprint density at radius 3 is 2.89 bits per heavy atom. The van der Waals surface area contributed by atoms with E-state index in [0.29, 0.717) is 4.47 Å². The van der Waals surface area contributed by atoms with E-state index in [0.717, 1.165) is 0 Å². The fourth-order valence-corrected chi connectivity index (χ4v) is 2.48. The van der Waals surface area contributed by atoms with Crippen LogP contribution in [0.1, 0.15) is 6.42 Å². The summed E-state index contributed by atoms with van der Waals surface area (Å²) < 4.78 is 18.6. The number of nitrogens with zero attached hydrogens (tertiary/aromatic N) is 1. The van der Waals surface area contributed by atoms with Crippen molar-refractivity contribution < 1.29 is 18.7 Å². The Bertz CT molecular complexity index is 550. The molecule has 2 rings (SSSR count). The number of nitrogens with two attached hydrogens (primary N) is 1. The smallest absolute Gasteiger partial charge is 0.311 e. The van der Waals surface area contributed by atoms with Crippen molar-refractivity contribution in [1.29, 1.82) is 0 Å². The van der Waals surface area contributed by atoms with Crippen LogP contribution >= 0.6 is 15.9 Å². The summed E-state index contributed by atoms with van der Waals surface area (Å²) in [6, 6.07) is 2.77. The zero-order valence-corrected chi connectivity index (χ0v) is 11.7. The van der Waals surface area contributed by atoms with Crippen molar-refractivity contribution >= 4 is 39.2 Å². The molecule has 2 N–H and O–H groups in total. The molecule has 1 unspecified atom stereocenters. The number of esters is 1. The molecule has 1 fully saturated rings. The number of benzene rings is 1. The minimum Gasteiger partial charge on any atom is -0.469 e. The minimum atomic E-state index is -0.612. The van der Waals surface area contributed by atoms with Crippen LogP contribution in [0.5, 0.6) is 0 Å². The van der Waals surface area contributed by atoms with E-state index in [4.69, 9.17) is 5.73 Å². The van der Waals surface area contributed by atoms with Crippen LogP contribution < -0.4 is 10.6 Å². The number of carbonyl (C=O) groups is 2. The number of rotatable bonds is 2. The van der Waals surface area contributed by atoms with E-state index in [1.807, 2.05) is 0 Å². The Morgan fingerprint density at radius 2 is 2.26 bits per heavy atom. The molecule has 1 aliphatic heterocycles. The molecule has 0 aliphatic carbocycles. The van der Waals surface area contributed by atoms with Gasteiger partial charge < -0.3 is 15.4 Å². The van der Waals surface area contributed by atoms with Gasteiger partial charge in [-0.05, 0) is 12.1 Å². The number of hydrogen-bond donors (Lipinski definition) is 1. The van der Waals surface area contributed by atoms with Crippen molar-refractivity contribution in [2.24, 2.45) is 5.92 Å². The Labute approximate surface area is 117 Å². The zero-order valence-electron chi connectivity index (χ0n) is 10.2. The molecule has 5 nitrogen and oxygen atoms in total. The number of halogens is 2. The SMILES string of the molecule is COC(=O)C1CC(=O)N(c2cc(Br)cc(F)c2N)C1. The molecule has 1 aromatic rings. The van der Waals surface area contributed by atoms with Crippen LogP contribution in [0, 0.1) is 11.7 Å². The zero-order chi connectivity index (χ0) is 14.2. The molecular formula is C12H12BrFN2O3. The average molecular weight is 331 g/mol. The first-order valence-corrected chi connectivity index (χ1v) is 6.36. The van der Waals surface area contributed by atoms with E-state index in [1.54, 1.807) is 6.07 Å². The molecule has 1 saturated heterocycles. The Hall–Kier alpha value is -1.63. The summed E-state index contributed by atoms with van der Waals surface area (Å²) in [5.41, 5.74) is 5.80. The maximum atomic E-state index is 13.6. The molecule has 1 aliphatic rings. The fraction of sp³-hybridized carbons (Fsp3) is 0.333. The van der Waals surface area contributed by atoms with Crippen molar-refractivity contribution in [1.82, 2.24) is 0 Å². The van der Waals surface area contributed by atoms with Crippen LogP contribution in [0.15, 0.2) is 16.6 Å². The molecule has 19 heavy (non-hydrogen) atoms. The molecule has 1 heterocycles. The molecule has 1 amide bonds. The highest BCUT2D eigenvalue weighted by Gasteiger charge is 2.36. The monoisotopic (exact) mass is 330 g/mol. The van der Waals surface area contributed by atoms with Gasteiger partial charge in [-0.25, -0.2) is 4.39 Å². The van der Waals surface area contributed by atoms with Gasteiger partial charge in [-0.2, -0.15) is 0 Å². The molecule has 0 radical (unpaired) electrons. The van der Waals surface area contributed by atoms with E-state index in [1.165, 1.54) is 18.1 Å². The standard InChI is InChI=1S/C12H12BrFN2O3/c1-19-12(18)6-2-10(17)16(5-6)9-4-7(13)3-8(14)11(9)15/h3-4,6H,2,5,15H2,1H3. The highest BCUT2D eigenvalue weighted by molar-refractivity contribution is 9.10. The van der Waals surface area contributed by atoms with E-state index >= 15 is 0 Å². The van der Waals surface area contributed by atoms with Gasteiger partial charge >= 0.3 is 5.97 Å². The summed E-state index contributed by atoms with van der Waals surface area (Å²) in [5, 5.41) is 0. The van der Waals surface area contributed by atoms with Gasteiger partial charge in [0.25, 0.3) is 0 Å². The molecule has 1 atom stereocenters. The van der Waals surface area contributed by atoms with Gasteiger partial charge in [0.1, 0.15) is 5.82 Å². The second-order valence-corrected chi connectivity index (χ2v) is 5.16. The van der Waals surface area contributed by atoms with E-state index < -0.39 is 17.7 Å². The van der Waals surface area contributed by atoms with Crippen molar-refractivity contribution in [3.63, 3.8) is 0 Å². The molecule has 102 valence electrons. The van der Waals surface area contributed by atoms with Crippen LogP contribution in [0.2, 0.25) is 0 Å². The molecule has 7 heteroatoms. The molecular weight excluding hydrogens is 319 g/mol. The van der Waals surface area contributed by atoms with Crippen molar-refractivity contribution in [3.8, 4) is 0 Å². The lowest BCUT2D eigenvalue weighted by atomic mass is 10.1. The van der Waals surface area contributed by atoms with E-state index in [9.17, 15) is 14.0 Å². The predicted molar refractivity (Wildman–Crippen MR) is 71.0 cm³/mol. The molecule has 1 aromatic carbocycles. The van der Waals surface area contributed by atoms with E-state index in [-0.39, 0.29) is 30.2 Å². The van der Waals surface area contributed by atoms with Crippen LogP contribution in [0.4, 0.5) is 15.8 Å². The van der Waals surface area contributed by atoms with Gasteiger partial charge in [-0.3, -0.25) is 9.59 Å². The lowest BCUT2D eigenvalue weighted by Gasteiger charge is -2.19. The van der Waals surface area contributed by atoms with Gasteiger partial charge in [0.05, 0.1) is 24.4 Å². The highest BCUT2D eigenvalue weighted by atomic mass is 79.9. The predicted octanol–water partition coefficient (Wildman–Crippen LogP) is 1.70. The lowest BCUT2D eigenvalue weighted by molar-refractivity contribution is -0.145. The second-order valence-electron chi connectivity index (χ2n) is 4.25. The van der Waals surface area contributed by atoms with Gasteiger partial charge in [0.2, 0.25) is 5.91 Å². The summed E-state index contributed by atoms with van der Waals surface area (Å²) in [6.45, 7) is 0.144. The Balaban J connectivity index is 2.33. The number of anilines is 2. The second kappa shape index (κ2) is 5.16. The first-order chi connectivity index (χ1) is 8.93. The van der Waals surface area contributed by atoms with Gasteiger partial charge in [0, 0.05) is 17.4 Å². The van der Waals surface area contributed by atoms with Gasteiger partial charge in [-0.15, -0.1) is 0 Å². The summed E-state index contributed by atoms with van der Waals surface area (Å²) in [5.74, 6) is -1.89. The van der Waals surface area contributed by atoms with Crippen molar-refractivity contribution in [2.75, 3.05) is 24.3 Å². The maximum absolute atomic E-state index is 13.6. The third kappa shape index (κ3) is 2.56. The number of methoxy groups -OCH3 is 1. The third-order valence-electron chi connectivity index (χ3n) is 3.02. The number of carbonyl (C=O) groups excluding carboxylic acids is 2. The van der Waals surface area contributed by atoms with Crippen molar-refractivity contribution in [2.45, 2.75) is 6.42 Å². The quantitative estimate of drug-likeness (QED) is 0.661. The van der Waals surface area contributed by atoms with Gasteiger partial charge in [0.15, 0.2) is 0 Å². The number of ether oxygens (including phenoxy) is 1. The van der Waals surface area contributed by atoms with Crippen molar-refractivity contribution in [3.05, 3.63) is 22.4 Å². The number of amides is 1. The average Bonchev–Trinajstić information content (AvgIpc) is 2.75. The molecule has 0 spiro atoms. The van der Waals surface area contributed by atoms with Crippen LogP contribution in [-0.2, 0) is 14.3 Å². The van der Waals surface area contributed by atoms with Crippen LogP contribution in [0.3, 0.4) is 0 Å².